The fourth-order valence-corrected chi connectivity index (χ4v) is 5.05. The van der Waals surface area contributed by atoms with Gasteiger partial charge in [-0.25, -0.2) is 9.37 Å². The van der Waals surface area contributed by atoms with Gasteiger partial charge in [-0.15, -0.1) is 0 Å². The molecule has 1 aromatic heterocycles. The molecule has 0 aliphatic carbocycles. The molecule has 2 N–H and O–H groups in total. The van der Waals surface area contributed by atoms with E-state index >= 15 is 4.39 Å². The third-order valence-corrected chi connectivity index (χ3v) is 6.95. The number of benzene rings is 1. The number of nitrogens with one attached hydrogen (secondary N) is 1. The van der Waals surface area contributed by atoms with Crippen LogP contribution in [0.2, 0.25) is 0 Å². The average molecular weight is 516 g/mol. The Labute approximate surface area is 220 Å². The number of halogens is 1. The summed E-state index contributed by atoms with van der Waals surface area (Å²) in [5.41, 5.74) is 1.76. The average Bonchev–Trinajstić information content (AvgIpc) is 3.29. The van der Waals surface area contributed by atoms with Crippen LogP contribution >= 0.6 is 0 Å². The number of alkyl halides is 1. The standard InChI is InChI=1S/C27H36FN3O4.C2H6/c1-34-14-15-35-24-6-2-4-21(16-24)22(17-25(32)33)18-31-13-11-27(28,19-31)10-9-23-8-7-20-5-3-12-29-26(20)30-23;1-2/h2,4,6-8,16,22H,3,5,9-15,17-19H2,1H3,(H,29,30)(H,32,33);1-2H3/t22-,27-;/m0./s1. The largest absolute Gasteiger partial charge is 0.491 e. The summed E-state index contributed by atoms with van der Waals surface area (Å²) in [5, 5.41) is 12.8. The van der Waals surface area contributed by atoms with Crippen molar-refractivity contribution in [1.82, 2.24) is 9.88 Å². The molecule has 2 atom stereocenters. The molecule has 8 heteroatoms. The minimum absolute atomic E-state index is 0.0106. The van der Waals surface area contributed by atoms with Gasteiger partial charge in [0.2, 0.25) is 0 Å². The second kappa shape index (κ2) is 14.3. The number of methoxy groups -OCH3 is 1. The molecule has 1 fully saturated rings. The normalized spacial score (nSPS) is 19.8. The van der Waals surface area contributed by atoms with Crippen LogP contribution in [0.15, 0.2) is 36.4 Å². The third-order valence-electron chi connectivity index (χ3n) is 6.95. The number of aromatic nitrogens is 1. The van der Waals surface area contributed by atoms with Gasteiger partial charge in [0.1, 0.15) is 23.8 Å². The predicted molar refractivity (Wildman–Crippen MR) is 144 cm³/mol. The number of aliphatic carboxylic acids is 1. The van der Waals surface area contributed by atoms with Crippen LogP contribution in [0.5, 0.6) is 5.75 Å². The summed E-state index contributed by atoms with van der Waals surface area (Å²) in [5.74, 6) is 0.524. The molecule has 0 saturated carbocycles. The van der Waals surface area contributed by atoms with E-state index in [1.807, 2.05) is 44.2 Å². The summed E-state index contributed by atoms with van der Waals surface area (Å²) in [6.45, 7) is 7.28. The number of ether oxygens (including phenoxy) is 2. The molecule has 2 aliphatic heterocycles. The highest BCUT2D eigenvalue weighted by Gasteiger charge is 2.39. The number of nitrogens with zero attached hydrogens (tertiary/aromatic N) is 2. The first-order valence-electron chi connectivity index (χ1n) is 13.5. The molecule has 1 saturated heterocycles. The Morgan fingerprint density at radius 3 is 2.89 bits per heavy atom. The quantitative estimate of drug-likeness (QED) is 0.381. The van der Waals surface area contributed by atoms with Gasteiger partial charge in [0.05, 0.1) is 13.0 Å². The molecule has 204 valence electrons. The molecule has 37 heavy (non-hydrogen) atoms. The van der Waals surface area contributed by atoms with Crippen molar-refractivity contribution in [2.45, 2.75) is 64.0 Å². The Bertz CT molecular complexity index is 1000. The molecule has 0 amide bonds. The van der Waals surface area contributed by atoms with Crippen molar-refractivity contribution >= 4 is 11.8 Å². The van der Waals surface area contributed by atoms with Crippen molar-refractivity contribution in [1.29, 1.82) is 0 Å². The van der Waals surface area contributed by atoms with Crippen LogP contribution < -0.4 is 10.1 Å². The fraction of sp³-hybridized carbons (Fsp3) is 0.586. The first-order chi connectivity index (χ1) is 17.9. The second-order valence-corrected chi connectivity index (χ2v) is 9.69. The van der Waals surface area contributed by atoms with Crippen molar-refractivity contribution in [3.63, 3.8) is 0 Å². The first-order valence-corrected chi connectivity index (χ1v) is 13.5. The van der Waals surface area contributed by atoms with Crippen molar-refractivity contribution in [2.24, 2.45) is 0 Å². The maximum atomic E-state index is 15.7. The van der Waals surface area contributed by atoms with Crippen LogP contribution in [0.3, 0.4) is 0 Å². The van der Waals surface area contributed by atoms with Gasteiger partial charge in [-0.2, -0.15) is 0 Å². The second-order valence-electron chi connectivity index (χ2n) is 9.69. The van der Waals surface area contributed by atoms with E-state index in [0.29, 0.717) is 57.9 Å². The number of carboxylic acid groups (broad SMARTS) is 1. The predicted octanol–water partition coefficient (Wildman–Crippen LogP) is 5.10. The van der Waals surface area contributed by atoms with Crippen LogP contribution in [0, 0.1) is 0 Å². The zero-order valence-corrected chi connectivity index (χ0v) is 22.5. The smallest absolute Gasteiger partial charge is 0.304 e. The van der Waals surface area contributed by atoms with Crippen LogP contribution in [-0.4, -0.2) is 73.1 Å². The lowest BCUT2D eigenvalue weighted by Gasteiger charge is -2.25. The summed E-state index contributed by atoms with van der Waals surface area (Å²) >= 11 is 0. The molecular weight excluding hydrogens is 473 g/mol. The van der Waals surface area contributed by atoms with Gasteiger partial charge in [0.15, 0.2) is 0 Å². The Balaban J connectivity index is 0.00000186. The van der Waals surface area contributed by atoms with Gasteiger partial charge in [0.25, 0.3) is 0 Å². The van der Waals surface area contributed by atoms with Gasteiger partial charge < -0.3 is 19.9 Å². The Hall–Kier alpha value is -2.71. The number of hydrogen-bond donors (Lipinski definition) is 2. The van der Waals surface area contributed by atoms with E-state index in [1.54, 1.807) is 7.11 Å². The molecule has 4 rings (SSSR count). The molecule has 0 spiro atoms. The summed E-state index contributed by atoms with van der Waals surface area (Å²) in [6.07, 6.45) is 3.61. The van der Waals surface area contributed by atoms with E-state index < -0.39 is 11.6 Å². The van der Waals surface area contributed by atoms with E-state index in [0.717, 1.165) is 36.5 Å². The summed E-state index contributed by atoms with van der Waals surface area (Å²) < 4.78 is 26.4. The highest BCUT2D eigenvalue weighted by Crippen LogP contribution is 2.33. The SMILES string of the molecule is CC.COCCOc1cccc([C@@H](CC(=O)O)CN2CC[C@@](F)(CCc3ccc4c(n3)NCCC4)C2)c1. The number of likely N-dealkylation sites (tertiary alicyclic amines) is 1. The fourth-order valence-electron chi connectivity index (χ4n) is 5.05. The van der Waals surface area contributed by atoms with Crippen molar-refractivity contribution in [3.8, 4) is 5.75 Å². The maximum Gasteiger partial charge on any atom is 0.304 e. The van der Waals surface area contributed by atoms with Gasteiger partial charge >= 0.3 is 5.97 Å². The zero-order valence-electron chi connectivity index (χ0n) is 22.5. The molecule has 0 radical (unpaired) electrons. The van der Waals surface area contributed by atoms with Crippen molar-refractivity contribution in [2.75, 3.05) is 51.8 Å². The molecule has 0 bridgehead atoms. The maximum absolute atomic E-state index is 15.7. The van der Waals surface area contributed by atoms with Crippen molar-refractivity contribution < 1.29 is 23.8 Å². The zero-order chi connectivity index (χ0) is 26.7. The first kappa shape index (κ1) is 28.9. The number of pyridine rings is 1. The van der Waals surface area contributed by atoms with E-state index in [-0.39, 0.29) is 12.3 Å². The lowest BCUT2D eigenvalue weighted by molar-refractivity contribution is -0.137. The van der Waals surface area contributed by atoms with Gasteiger partial charge in [0, 0.05) is 44.9 Å². The summed E-state index contributed by atoms with van der Waals surface area (Å²) in [6, 6.07) is 11.7. The number of fused-ring (bicyclic) bond motifs is 1. The summed E-state index contributed by atoms with van der Waals surface area (Å²) in [7, 11) is 1.62. The van der Waals surface area contributed by atoms with Gasteiger partial charge in [-0.05, 0) is 61.4 Å². The lowest BCUT2D eigenvalue weighted by atomic mass is 9.94. The van der Waals surface area contributed by atoms with E-state index in [1.165, 1.54) is 5.56 Å². The Morgan fingerprint density at radius 1 is 1.27 bits per heavy atom. The van der Waals surface area contributed by atoms with Crippen LogP contribution in [0.4, 0.5) is 10.2 Å². The number of hydrogen-bond acceptors (Lipinski definition) is 6. The lowest BCUT2D eigenvalue weighted by Crippen LogP contribution is -2.32. The number of anilines is 1. The van der Waals surface area contributed by atoms with Gasteiger partial charge in [-0.1, -0.05) is 32.0 Å². The minimum Gasteiger partial charge on any atom is -0.491 e. The highest BCUT2D eigenvalue weighted by molar-refractivity contribution is 5.68. The molecule has 0 unspecified atom stereocenters. The van der Waals surface area contributed by atoms with Crippen LogP contribution in [-0.2, 0) is 22.4 Å². The Kier molecular flexibility index (Phi) is 11.1. The highest BCUT2D eigenvalue weighted by atomic mass is 19.1. The molecular formula is C29H42FN3O4. The third kappa shape index (κ3) is 8.68. The van der Waals surface area contributed by atoms with E-state index in [9.17, 15) is 9.90 Å². The van der Waals surface area contributed by atoms with Gasteiger partial charge in [-0.3, -0.25) is 9.69 Å². The molecule has 7 nitrogen and oxygen atoms in total. The van der Waals surface area contributed by atoms with E-state index in [2.05, 4.69) is 16.3 Å². The van der Waals surface area contributed by atoms with Crippen LogP contribution in [0.25, 0.3) is 0 Å². The number of aryl methyl sites for hydroxylation is 2. The molecule has 3 heterocycles. The summed E-state index contributed by atoms with van der Waals surface area (Å²) in [4.78, 5) is 18.4. The number of carboxylic acids is 1. The monoisotopic (exact) mass is 515 g/mol. The van der Waals surface area contributed by atoms with Crippen molar-refractivity contribution in [3.05, 3.63) is 53.2 Å². The number of rotatable bonds is 12. The molecule has 2 aliphatic rings. The van der Waals surface area contributed by atoms with Crippen LogP contribution in [0.1, 0.15) is 62.3 Å². The topological polar surface area (TPSA) is 83.9 Å². The Morgan fingerprint density at radius 2 is 2.11 bits per heavy atom. The minimum atomic E-state index is -1.29. The van der Waals surface area contributed by atoms with E-state index in [4.69, 9.17) is 14.5 Å². The molecule has 2 aromatic rings. The number of carbonyl (C=O) groups is 1. The molecule has 1 aromatic carbocycles.